The number of methoxy groups -OCH3 is 1. The molecular weight excluding hydrogens is 278 g/mol. The lowest BCUT2D eigenvalue weighted by Crippen LogP contribution is -2.44. The number of hydrogen-bond donors (Lipinski definition) is 2. The molecule has 2 heterocycles. The van der Waals surface area contributed by atoms with Crippen LogP contribution in [-0.4, -0.2) is 60.2 Å². The van der Waals surface area contributed by atoms with Crippen molar-refractivity contribution < 1.29 is 9.53 Å². The summed E-state index contributed by atoms with van der Waals surface area (Å²) in [6.45, 7) is 2.62. The second kappa shape index (κ2) is 7.51. The number of nitrogens with one attached hydrogen (secondary N) is 2. The van der Waals surface area contributed by atoms with Crippen molar-refractivity contribution in [1.82, 2.24) is 19.6 Å². The first kappa shape index (κ1) is 15.1. The molecule has 0 aromatic carbocycles. The van der Waals surface area contributed by atoms with Crippen LogP contribution in [0.1, 0.15) is 18.7 Å². The summed E-state index contributed by atoms with van der Waals surface area (Å²) in [6.07, 6.45) is 2.63. The highest BCUT2D eigenvalue weighted by atomic mass is 32.1. The van der Waals surface area contributed by atoms with Crippen molar-refractivity contribution in [2.24, 2.45) is 0 Å². The van der Waals surface area contributed by atoms with E-state index in [-0.39, 0.29) is 12.1 Å². The number of likely N-dealkylation sites (tertiary alicyclic amines) is 1. The lowest BCUT2D eigenvalue weighted by Gasteiger charge is -2.29. The van der Waals surface area contributed by atoms with Crippen LogP contribution in [-0.2, 0) is 11.2 Å². The summed E-state index contributed by atoms with van der Waals surface area (Å²) in [7, 11) is 3.74. The molecule has 1 saturated heterocycles. The Morgan fingerprint density at radius 3 is 2.95 bits per heavy atom. The van der Waals surface area contributed by atoms with Gasteiger partial charge in [-0.05, 0) is 33.0 Å². The number of anilines is 1. The zero-order chi connectivity index (χ0) is 14.4. The summed E-state index contributed by atoms with van der Waals surface area (Å²) in [5.41, 5.74) is 0. The Morgan fingerprint density at radius 2 is 2.25 bits per heavy atom. The van der Waals surface area contributed by atoms with Crippen LogP contribution in [0.3, 0.4) is 0 Å². The molecule has 1 aromatic heterocycles. The predicted octanol–water partition coefficient (Wildman–Crippen LogP) is 0.943. The lowest BCUT2D eigenvalue weighted by molar-refractivity contribution is 0.201. The minimum Gasteiger partial charge on any atom is -0.384 e. The highest BCUT2D eigenvalue weighted by Gasteiger charge is 2.18. The van der Waals surface area contributed by atoms with Crippen molar-refractivity contribution in [3.05, 3.63) is 5.82 Å². The van der Waals surface area contributed by atoms with Crippen LogP contribution in [0.2, 0.25) is 0 Å². The molecule has 0 saturated carbocycles. The Morgan fingerprint density at radius 1 is 1.50 bits per heavy atom. The molecule has 112 valence electrons. The second-order valence-corrected chi connectivity index (χ2v) is 5.69. The SMILES string of the molecule is COCCc1nsc(NC(=O)NC2CCN(C)CC2)n1. The molecule has 7 nitrogen and oxygen atoms in total. The molecule has 1 aliphatic rings. The second-order valence-electron chi connectivity index (χ2n) is 4.93. The van der Waals surface area contributed by atoms with Crippen molar-refractivity contribution >= 4 is 22.7 Å². The molecule has 1 aliphatic heterocycles. The number of amides is 2. The van der Waals surface area contributed by atoms with Crippen LogP contribution in [0.5, 0.6) is 0 Å². The molecule has 1 aromatic rings. The normalized spacial score (nSPS) is 17.1. The van der Waals surface area contributed by atoms with E-state index in [4.69, 9.17) is 4.74 Å². The maximum absolute atomic E-state index is 11.9. The smallest absolute Gasteiger partial charge is 0.321 e. The van der Waals surface area contributed by atoms with Gasteiger partial charge in [0.2, 0.25) is 5.13 Å². The molecular formula is C12H21N5O2S. The highest BCUT2D eigenvalue weighted by Crippen LogP contribution is 2.12. The Hall–Kier alpha value is -1.25. The Labute approximate surface area is 122 Å². The van der Waals surface area contributed by atoms with E-state index in [0.717, 1.165) is 25.9 Å². The molecule has 8 heteroatoms. The van der Waals surface area contributed by atoms with Crippen LogP contribution in [0.25, 0.3) is 0 Å². The third-order valence-corrected chi connectivity index (χ3v) is 3.94. The van der Waals surface area contributed by atoms with Gasteiger partial charge in [0.1, 0.15) is 5.82 Å². The molecule has 0 aliphatic carbocycles. The molecule has 20 heavy (non-hydrogen) atoms. The van der Waals surface area contributed by atoms with Gasteiger partial charge < -0.3 is 15.0 Å². The zero-order valence-electron chi connectivity index (χ0n) is 11.9. The number of urea groups is 1. The van der Waals surface area contributed by atoms with E-state index in [1.807, 2.05) is 0 Å². The first-order chi connectivity index (χ1) is 9.67. The van der Waals surface area contributed by atoms with Crippen LogP contribution >= 0.6 is 11.5 Å². The van der Waals surface area contributed by atoms with Crippen LogP contribution in [0, 0.1) is 0 Å². The number of nitrogens with zero attached hydrogens (tertiary/aromatic N) is 3. The number of aromatic nitrogens is 2. The first-order valence-electron chi connectivity index (χ1n) is 6.75. The van der Waals surface area contributed by atoms with Crippen molar-refractivity contribution in [3.8, 4) is 0 Å². The maximum Gasteiger partial charge on any atom is 0.321 e. The molecule has 0 radical (unpaired) electrons. The third kappa shape index (κ3) is 4.69. The topological polar surface area (TPSA) is 79.4 Å². The van der Waals surface area contributed by atoms with Gasteiger partial charge in [-0.2, -0.15) is 4.37 Å². The average molecular weight is 299 g/mol. The zero-order valence-corrected chi connectivity index (χ0v) is 12.7. The standard InChI is InChI=1S/C12H21N5O2S/c1-17-6-3-9(4-7-17)13-11(18)15-12-14-10(16-20-12)5-8-19-2/h9H,3-8H2,1-2H3,(H2,13,14,15,16,18). The summed E-state index contributed by atoms with van der Waals surface area (Å²) in [5, 5.41) is 6.24. The number of rotatable bonds is 5. The molecule has 2 rings (SSSR count). The summed E-state index contributed by atoms with van der Waals surface area (Å²) in [4.78, 5) is 18.4. The van der Waals surface area contributed by atoms with Gasteiger partial charge in [0, 0.05) is 31.1 Å². The van der Waals surface area contributed by atoms with E-state index in [9.17, 15) is 4.79 Å². The van der Waals surface area contributed by atoms with Gasteiger partial charge in [-0.3, -0.25) is 5.32 Å². The minimum absolute atomic E-state index is 0.200. The fourth-order valence-corrected chi connectivity index (χ4v) is 2.68. The fourth-order valence-electron chi connectivity index (χ4n) is 2.07. The molecule has 0 spiro atoms. The quantitative estimate of drug-likeness (QED) is 0.846. The van der Waals surface area contributed by atoms with Gasteiger partial charge in [-0.25, -0.2) is 9.78 Å². The number of piperidine rings is 1. The van der Waals surface area contributed by atoms with Gasteiger partial charge in [-0.1, -0.05) is 0 Å². The van der Waals surface area contributed by atoms with Crippen LogP contribution in [0.4, 0.5) is 9.93 Å². The fraction of sp³-hybridized carbons (Fsp3) is 0.750. The van der Waals surface area contributed by atoms with Gasteiger partial charge in [0.25, 0.3) is 0 Å². The molecule has 0 atom stereocenters. The van der Waals surface area contributed by atoms with E-state index >= 15 is 0 Å². The van der Waals surface area contributed by atoms with Gasteiger partial charge in [0.15, 0.2) is 0 Å². The summed E-state index contributed by atoms with van der Waals surface area (Å²) < 4.78 is 9.13. The van der Waals surface area contributed by atoms with E-state index in [1.165, 1.54) is 11.5 Å². The van der Waals surface area contributed by atoms with Crippen LogP contribution in [0.15, 0.2) is 0 Å². The predicted molar refractivity (Wildman–Crippen MR) is 78.2 cm³/mol. The van der Waals surface area contributed by atoms with Crippen molar-refractivity contribution in [3.63, 3.8) is 0 Å². The van der Waals surface area contributed by atoms with E-state index < -0.39 is 0 Å². The minimum atomic E-state index is -0.200. The molecule has 2 amide bonds. The Bertz CT molecular complexity index is 431. The average Bonchev–Trinajstić information content (AvgIpc) is 2.86. The van der Waals surface area contributed by atoms with Gasteiger partial charge in [-0.15, -0.1) is 0 Å². The van der Waals surface area contributed by atoms with Crippen molar-refractivity contribution in [2.45, 2.75) is 25.3 Å². The largest absolute Gasteiger partial charge is 0.384 e. The molecule has 2 N–H and O–H groups in total. The van der Waals surface area contributed by atoms with E-state index in [2.05, 4.69) is 31.9 Å². The number of hydrogen-bond acceptors (Lipinski definition) is 6. The summed E-state index contributed by atoms with van der Waals surface area (Å²) in [6, 6.07) is 0.0427. The third-order valence-electron chi connectivity index (χ3n) is 3.27. The molecule has 1 fully saturated rings. The first-order valence-corrected chi connectivity index (χ1v) is 7.52. The summed E-state index contributed by atoms with van der Waals surface area (Å²) >= 11 is 1.19. The van der Waals surface area contributed by atoms with E-state index in [1.54, 1.807) is 7.11 Å². The van der Waals surface area contributed by atoms with Gasteiger partial charge >= 0.3 is 6.03 Å². The highest BCUT2D eigenvalue weighted by molar-refractivity contribution is 7.09. The Balaban J connectivity index is 1.75. The maximum atomic E-state index is 11.9. The van der Waals surface area contributed by atoms with Crippen LogP contribution < -0.4 is 10.6 Å². The monoisotopic (exact) mass is 299 g/mol. The number of ether oxygens (including phenoxy) is 1. The lowest BCUT2D eigenvalue weighted by atomic mass is 10.1. The van der Waals surface area contributed by atoms with Gasteiger partial charge in [0.05, 0.1) is 6.61 Å². The number of carbonyl (C=O) groups is 1. The number of carbonyl (C=O) groups excluding carboxylic acids is 1. The molecule has 0 bridgehead atoms. The summed E-state index contributed by atoms with van der Waals surface area (Å²) in [5.74, 6) is 0.700. The van der Waals surface area contributed by atoms with Crippen molar-refractivity contribution in [1.29, 1.82) is 0 Å². The Kier molecular flexibility index (Phi) is 5.69. The van der Waals surface area contributed by atoms with E-state index in [0.29, 0.717) is 24.0 Å². The van der Waals surface area contributed by atoms with Crippen molar-refractivity contribution in [2.75, 3.05) is 39.2 Å². The molecule has 0 unspecified atom stereocenters.